The first kappa shape index (κ1) is 22.7. The van der Waals surface area contributed by atoms with Crippen LogP contribution in [-0.2, 0) is 4.79 Å². The SMILES string of the molecule is CC1(C)CN(C(=O)C(Sc2cc(F)ccc2F)c2ccccc2)CCC1N.Cl. The van der Waals surface area contributed by atoms with Gasteiger partial charge in [-0.1, -0.05) is 44.2 Å². The number of benzene rings is 2. The Hall–Kier alpha value is -1.63. The molecule has 1 aliphatic heterocycles. The lowest BCUT2D eigenvalue weighted by Gasteiger charge is -2.43. The summed E-state index contributed by atoms with van der Waals surface area (Å²) in [6, 6.07) is 12.6. The lowest BCUT2D eigenvalue weighted by Crippen LogP contribution is -2.54. The van der Waals surface area contributed by atoms with Crippen LogP contribution < -0.4 is 5.73 Å². The van der Waals surface area contributed by atoms with Crippen LogP contribution in [0.15, 0.2) is 53.4 Å². The van der Waals surface area contributed by atoms with E-state index in [1.807, 2.05) is 44.2 Å². The second kappa shape index (κ2) is 9.25. The van der Waals surface area contributed by atoms with E-state index in [2.05, 4.69) is 0 Å². The Labute approximate surface area is 175 Å². The third-order valence-electron chi connectivity index (χ3n) is 5.09. The van der Waals surface area contributed by atoms with Crippen LogP contribution in [0.4, 0.5) is 8.78 Å². The minimum atomic E-state index is -0.646. The summed E-state index contributed by atoms with van der Waals surface area (Å²) in [6.45, 7) is 5.21. The highest BCUT2D eigenvalue weighted by atomic mass is 35.5. The minimum Gasteiger partial charge on any atom is -0.341 e. The molecule has 0 saturated carbocycles. The number of carbonyl (C=O) groups excluding carboxylic acids is 1. The Balaban J connectivity index is 0.00000280. The first-order valence-electron chi connectivity index (χ1n) is 8.99. The third-order valence-corrected chi connectivity index (χ3v) is 6.36. The summed E-state index contributed by atoms with van der Waals surface area (Å²) in [4.78, 5) is 15.3. The van der Waals surface area contributed by atoms with E-state index in [-0.39, 0.29) is 34.7 Å². The quantitative estimate of drug-likeness (QED) is 0.714. The number of piperidine rings is 1. The summed E-state index contributed by atoms with van der Waals surface area (Å²) in [6.07, 6.45) is 0.721. The predicted octanol–water partition coefficient (Wildman–Crippen LogP) is 4.81. The van der Waals surface area contributed by atoms with Crippen molar-refractivity contribution in [2.24, 2.45) is 11.1 Å². The number of halogens is 3. The molecule has 2 aromatic carbocycles. The van der Waals surface area contributed by atoms with Gasteiger partial charge < -0.3 is 10.6 Å². The predicted molar refractivity (Wildman–Crippen MR) is 112 cm³/mol. The monoisotopic (exact) mass is 426 g/mol. The molecule has 0 bridgehead atoms. The molecule has 0 aromatic heterocycles. The van der Waals surface area contributed by atoms with Crippen molar-refractivity contribution in [1.82, 2.24) is 4.90 Å². The number of hydrogen-bond acceptors (Lipinski definition) is 3. The molecule has 2 atom stereocenters. The van der Waals surface area contributed by atoms with E-state index >= 15 is 0 Å². The maximum absolute atomic E-state index is 14.2. The highest BCUT2D eigenvalue weighted by molar-refractivity contribution is 8.00. The van der Waals surface area contributed by atoms with Crippen LogP contribution in [0, 0.1) is 17.0 Å². The molecule has 3 nitrogen and oxygen atoms in total. The Morgan fingerprint density at radius 2 is 1.89 bits per heavy atom. The number of nitrogens with zero attached hydrogens (tertiary/aromatic N) is 1. The van der Waals surface area contributed by atoms with Crippen LogP contribution in [0.3, 0.4) is 0 Å². The van der Waals surface area contributed by atoms with E-state index in [9.17, 15) is 13.6 Å². The van der Waals surface area contributed by atoms with Gasteiger partial charge in [-0.3, -0.25) is 4.79 Å². The number of thioether (sulfide) groups is 1. The molecule has 0 aliphatic carbocycles. The molecular weight excluding hydrogens is 402 g/mol. The van der Waals surface area contributed by atoms with Crippen molar-refractivity contribution in [3.05, 3.63) is 65.7 Å². The maximum atomic E-state index is 14.2. The lowest BCUT2D eigenvalue weighted by molar-refractivity contribution is -0.134. The molecule has 2 unspecified atom stereocenters. The average molecular weight is 427 g/mol. The maximum Gasteiger partial charge on any atom is 0.240 e. The van der Waals surface area contributed by atoms with Crippen LogP contribution >= 0.6 is 24.2 Å². The van der Waals surface area contributed by atoms with Gasteiger partial charge in [0, 0.05) is 24.0 Å². The number of carbonyl (C=O) groups is 1. The molecule has 1 heterocycles. The first-order valence-corrected chi connectivity index (χ1v) is 9.87. The molecular formula is C21H25ClF2N2OS. The van der Waals surface area contributed by atoms with E-state index in [4.69, 9.17) is 5.73 Å². The van der Waals surface area contributed by atoms with Crippen LogP contribution in [0.2, 0.25) is 0 Å². The van der Waals surface area contributed by atoms with Crippen molar-refractivity contribution >= 4 is 30.1 Å². The largest absolute Gasteiger partial charge is 0.341 e. The average Bonchev–Trinajstić information content (AvgIpc) is 2.64. The van der Waals surface area contributed by atoms with Gasteiger partial charge in [0.05, 0.1) is 0 Å². The van der Waals surface area contributed by atoms with Gasteiger partial charge in [0.25, 0.3) is 0 Å². The van der Waals surface area contributed by atoms with E-state index in [1.54, 1.807) is 4.90 Å². The van der Waals surface area contributed by atoms with Gasteiger partial charge in [0.15, 0.2) is 0 Å². The Bertz CT molecular complexity index is 819. The number of rotatable bonds is 4. The lowest BCUT2D eigenvalue weighted by atomic mass is 9.79. The van der Waals surface area contributed by atoms with Gasteiger partial charge >= 0.3 is 0 Å². The van der Waals surface area contributed by atoms with Crippen molar-refractivity contribution < 1.29 is 13.6 Å². The second-order valence-corrected chi connectivity index (χ2v) is 8.77. The number of amides is 1. The molecule has 1 saturated heterocycles. The highest BCUT2D eigenvalue weighted by Crippen LogP contribution is 2.40. The van der Waals surface area contributed by atoms with Gasteiger partial charge in [0.2, 0.25) is 5.91 Å². The van der Waals surface area contributed by atoms with Gasteiger partial charge in [-0.2, -0.15) is 0 Å². The fourth-order valence-electron chi connectivity index (χ4n) is 3.31. The van der Waals surface area contributed by atoms with E-state index < -0.39 is 16.9 Å². The summed E-state index contributed by atoms with van der Waals surface area (Å²) in [7, 11) is 0. The molecule has 2 N–H and O–H groups in total. The second-order valence-electron chi connectivity index (χ2n) is 7.63. The molecule has 1 aliphatic rings. The molecule has 152 valence electrons. The van der Waals surface area contributed by atoms with Gasteiger partial charge in [-0.15, -0.1) is 24.2 Å². The molecule has 2 aromatic rings. The normalized spacial score (nSPS) is 19.6. The minimum absolute atomic E-state index is 0. The Morgan fingerprint density at radius 1 is 1.21 bits per heavy atom. The molecule has 1 fully saturated rings. The smallest absolute Gasteiger partial charge is 0.240 e. The summed E-state index contributed by atoms with van der Waals surface area (Å²) in [5.74, 6) is -1.16. The number of nitrogens with two attached hydrogens (primary N) is 1. The summed E-state index contributed by atoms with van der Waals surface area (Å²) < 4.78 is 27.8. The molecule has 0 radical (unpaired) electrons. The van der Waals surface area contributed by atoms with Crippen molar-refractivity contribution in [2.75, 3.05) is 13.1 Å². The van der Waals surface area contributed by atoms with Crippen LogP contribution in [0.5, 0.6) is 0 Å². The zero-order valence-electron chi connectivity index (χ0n) is 15.9. The van der Waals surface area contributed by atoms with Crippen molar-refractivity contribution in [3.8, 4) is 0 Å². The fourth-order valence-corrected chi connectivity index (χ4v) is 4.47. The summed E-state index contributed by atoms with van der Waals surface area (Å²) >= 11 is 1.05. The highest BCUT2D eigenvalue weighted by Gasteiger charge is 2.38. The Kier molecular flexibility index (Phi) is 7.48. The first-order chi connectivity index (χ1) is 12.8. The number of hydrogen-bond donors (Lipinski definition) is 1. The standard InChI is InChI=1S/C21H24F2N2OS.ClH/c1-21(2)13-25(11-10-18(21)24)20(26)19(14-6-4-3-5-7-14)27-17-12-15(22)8-9-16(17)23;/h3-9,12,18-19H,10-11,13,24H2,1-2H3;1H. The van der Waals surface area contributed by atoms with E-state index in [0.717, 1.165) is 41.9 Å². The van der Waals surface area contributed by atoms with Gasteiger partial charge in [-0.05, 0) is 35.6 Å². The van der Waals surface area contributed by atoms with Gasteiger partial charge in [-0.25, -0.2) is 8.78 Å². The summed E-state index contributed by atoms with van der Waals surface area (Å²) in [5.41, 5.74) is 6.76. The zero-order valence-corrected chi connectivity index (χ0v) is 17.5. The topological polar surface area (TPSA) is 46.3 Å². The number of likely N-dealkylation sites (tertiary alicyclic amines) is 1. The van der Waals surface area contributed by atoms with E-state index in [1.165, 1.54) is 0 Å². The molecule has 28 heavy (non-hydrogen) atoms. The third kappa shape index (κ3) is 5.04. The van der Waals surface area contributed by atoms with Crippen molar-refractivity contribution in [3.63, 3.8) is 0 Å². The fraction of sp³-hybridized carbons (Fsp3) is 0.381. The van der Waals surface area contributed by atoms with E-state index in [0.29, 0.717) is 13.1 Å². The molecule has 7 heteroatoms. The van der Waals surface area contributed by atoms with Crippen LogP contribution in [0.1, 0.15) is 31.1 Å². The van der Waals surface area contributed by atoms with Crippen LogP contribution in [-0.4, -0.2) is 29.9 Å². The van der Waals surface area contributed by atoms with Crippen molar-refractivity contribution in [1.29, 1.82) is 0 Å². The van der Waals surface area contributed by atoms with Gasteiger partial charge in [0.1, 0.15) is 16.9 Å². The summed E-state index contributed by atoms with van der Waals surface area (Å²) in [5, 5.41) is -0.646. The zero-order chi connectivity index (χ0) is 19.6. The molecule has 3 rings (SSSR count). The van der Waals surface area contributed by atoms with Crippen LogP contribution in [0.25, 0.3) is 0 Å². The molecule has 0 spiro atoms. The van der Waals surface area contributed by atoms with Crippen molar-refractivity contribution in [2.45, 2.75) is 36.5 Å². The molecule has 1 amide bonds. The Morgan fingerprint density at radius 3 is 2.54 bits per heavy atom.